The van der Waals surface area contributed by atoms with Crippen molar-refractivity contribution < 1.29 is 14.3 Å². The number of benzene rings is 1. The maximum atomic E-state index is 12.2. The Morgan fingerprint density at radius 2 is 2.16 bits per heavy atom. The van der Waals surface area contributed by atoms with Gasteiger partial charge in [-0.05, 0) is 26.0 Å². The number of carbonyl (C=O) groups is 2. The summed E-state index contributed by atoms with van der Waals surface area (Å²) >= 11 is 0. The lowest BCUT2D eigenvalue weighted by Crippen LogP contribution is -2.52. The normalized spacial score (nSPS) is 20.0. The summed E-state index contributed by atoms with van der Waals surface area (Å²) in [4.78, 5) is 23.9. The van der Waals surface area contributed by atoms with Gasteiger partial charge in [-0.3, -0.25) is 14.9 Å². The zero-order valence-electron chi connectivity index (χ0n) is 14.2. The average Bonchev–Trinajstić information content (AvgIpc) is 2.93. The molecule has 1 saturated heterocycles. The quantitative estimate of drug-likeness (QED) is 0.757. The van der Waals surface area contributed by atoms with Crippen LogP contribution in [-0.4, -0.2) is 34.2 Å². The van der Waals surface area contributed by atoms with E-state index in [-0.39, 0.29) is 24.5 Å². The molecule has 25 heavy (non-hydrogen) atoms. The number of aromatic nitrogens is 2. The highest BCUT2D eigenvalue weighted by Crippen LogP contribution is 2.17. The molecule has 1 aliphatic heterocycles. The Morgan fingerprint density at radius 3 is 2.88 bits per heavy atom. The highest BCUT2D eigenvalue weighted by Gasteiger charge is 2.26. The zero-order valence-corrected chi connectivity index (χ0v) is 14.2. The molecule has 8 nitrogen and oxygen atoms in total. The fourth-order valence-corrected chi connectivity index (χ4v) is 2.64. The standard InChI is InChI=1S/C17H21N5O3/c1-11-9-15(23)20-17(18-11)22-14(8-12(2)21-22)19-16(24)10-25-13-6-4-3-5-7-13/h3-8,11,17-18H,9-10H2,1-2H3,(H,19,24)(H,20,23). The minimum atomic E-state index is -0.504. The molecule has 0 aliphatic carbocycles. The molecule has 132 valence electrons. The van der Waals surface area contributed by atoms with Gasteiger partial charge >= 0.3 is 0 Å². The molecule has 0 radical (unpaired) electrons. The summed E-state index contributed by atoms with van der Waals surface area (Å²) < 4.78 is 7.00. The van der Waals surface area contributed by atoms with Crippen LogP contribution in [0.1, 0.15) is 25.3 Å². The topological polar surface area (TPSA) is 97.3 Å². The number of hydrogen-bond acceptors (Lipinski definition) is 5. The summed E-state index contributed by atoms with van der Waals surface area (Å²) in [7, 11) is 0. The molecule has 0 bridgehead atoms. The first-order valence-corrected chi connectivity index (χ1v) is 8.10. The molecule has 1 aliphatic rings. The van der Waals surface area contributed by atoms with E-state index in [9.17, 15) is 9.59 Å². The van der Waals surface area contributed by atoms with Crippen LogP contribution < -0.4 is 20.7 Å². The van der Waals surface area contributed by atoms with Gasteiger partial charge in [-0.2, -0.15) is 5.10 Å². The van der Waals surface area contributed by atoms with E-state index in [1.54, 1.807) is 22.9 Å². The molecule has 1 fully saturated rings. The van der Waals surface area contributed by atoms with Crippen molar-refractivity contribution in [3.63, 3.8) is 0 Å². The van der Waals surface area contributed by atoms with Crippen LogP contribution in [0.3, 0.4) is 0 Å². The van der Waals surface area contributed by atoms with Crippen molar-refractivity contribution in [2.45, 2.75) is 32.6 Å². The fourth-order valence-electron chi connectivity index (χ4n) is 2.64. The molecule has 2 heterocycles. The van der Waals surface area contributed by atoms with Crippen molar-refractivity contribution in [3.05, 3.63) is 42.1 Å². The molecule has 1 aromatic heterocycles. The van der Waals surface area contributed by atoms with Gasteiger partial charge in [0.2, 0.25) is 5.91 Å². The second-order valence-corrected chi connectivity index (χ2v) is 6.01. The number of para-hydroxylation sites is 1. The van der Waals surface area contributed by atoms with Crippen molar-refractivity contribution in [2.75, 3.05) is 11.9 Å². The second-order valence-electron chi connectivity index (χ2n) is 6.01. The van der Waals surface area contributed by atoms with Crippen LogP contribution in [0.4, 0.5) is 5.82 Å². The predicted octanol–water partition coefficient (Wildman–Crippen LogP) is 1.16. The van der Waals surface area contributed by atoms with E-state index >= 15 is 0 Å². The lowest BCUT2D eigenvalue weighted by Gasteiger charge is -2.30. The van der Waals surface area contributed by atoms with Gasteiger partial charge in [0, 0.05) is 18.5 Å². The average molecular weight is 343 g/mol. The van der Waals surface area contributed by atoms with Crippen molar-refractivity contribution >= 4 is 17.6 Å². The number of aryl methyl sites for hydroxylation is 1. The lowest BCUT2D eigenvalue weighted by molar-refractivity contribution is -0.125. The highest BCUT2D eigenvalue weighted by molar-refractivity contribution is 5.91. The third kappa shape index (κ3) is 4.36. The monoisotopic (exact) mass is 343 g/mol. The maximum Gasteiger partial charge on any atom is 0.263 e. The Labute approximate surface area is 145 Å². The van der Waals surface area contributed by atoms with Crippen LogP contribution in [0.15, 0.2) is 36.4 Å². The van der Waals surface area contributed by atoms with Crippen LogP contribution in [0.25, 0.3) is 0 Å². The van der Waals surface area contributed by atoms with E-state index in [0.29, 0.717) is 18.0 Å². The summed E-state index contributed by atoms with van der Waals surface area (Å²) in [6, 6.07) is 10.9. The van der Waals surface area contributed by atoms with Gasteiger partial charge in [0.05, 0.1) is 5.69 Å². The SMILES string of the molecule is Cc1cc(NC(=O)COc2ccccc2)n(C2NC(=O)CC(C)N2)n1. The smallest absolute Gasteiger partial charge is 0.263 e. The molecule has 3 rings (SSSR count). The molecule has 8 heteroatoms. The Balaban J connectivity index is 1.66. The molecular formula is C17H21N5O3. The minimum absolute atomic E-state index is 0.0215. The van der Waals surface area contributed by atoms with Gasteiger partial charge in [0.25, 0.3) is 5.91 Å². The van der Waals surface area contributed by atoms with E-state index in [2.05, 4.69) is 21.0 Å². The largest absolute Gasteiger partial charge is 0.484 e. The number of rotatable bonds is 5. The summed E-state index contributed by atoms with van der Waals surface area (Å²) in [5.74, 6) is 0.748. The number of amides is 2. The molecule has 2 unspecified atom stereocenters. The summed E-state index contributed by atoms with van der Waals surface area (Å²) in [6.07, 6.45) is -0.0982. The second kappa shape index (κ2) is 7.35. The molecule has 1 aromatic carbocycles. The molecule has 0 spiro atoms. The van der Waals surface area contributed by atoms with E-state index in [1.165, 1.54) is 0 Å². The van der Waals surface area contributed by atoms with Gasteiger partial charge < -0.3 is 15.4 Å². The van der Waals surface area contributed by atoms with Crippen molar-refractivity contribution in [1.82, 2.24) is 20.4 Å². The first-order chi connectivity index (χ1) is 12.0. The minimum Gasteiger partial charge on any atom is -0.484 e. The van der Waals surface area contributed by atoms with Crippen LogP contribution in [0.5, 0.6) is 5.75 Å². The van der Waals surface area contributed by atoms with Crippen LogP contribution in [-0.2, 0) is 9.59 Å². The van der Waals surface area contributed by atoms with Gasteiger partial charge in [-0.1, -0.05) is 18.2 Å². The molecule has 2 atom stereocenters. The van der Waals surface area contributed by atoms with Gasteiger partial charge in [0.15, 0.2) is 12.9 Å². The number of ether oxygens (including phenoxy) is 1. The number of anilines is 1. The Hall–Kier alpha value is -2.87. The molecule has 2 aromatic rings. The number of nitrogens with one attached hydrogen (secondary N) is 3. The third-order valence-electron chi connectivity index (χ3n) is 3.71. The molecular weight excluding hydrogens is 322 g/mol. The molecule has 2 amide bonds. The zero-order chi connectivity index (χ0) is 17.8. The number of carbonyl (C=O) groups excluding carboxylic acids is 2. The highest BCUT2D eigenvalue weighted by atomic mass is 16.5. The number of nitrogens with zero attached hydrogens (tertiary/aromatic N) is 2. The van der Waals surface area contributed by atoms with Crippen molar-refractivity contribution in [2.24, 2.45) is 0 Å². The first-order valence-electron chi connectivity index (χ1n) is 8.10. The van der Waals surface area contributed by atoms with E-state index in [1.807, 2.05) is 32.0 Å². The Morgan fingerprint density at radius 1 is 1.40 bits per heavy atom. The van der Waals surface area contributed by atoms with Gasteiger partial charge in [-0.15, -0.1) is 0 Å². The summed E-state index contributed by atoms with van der Waals surface area (Å²) in [5, 5.41) is 13.2. The van der Waals surface area contributed by atoms with E-state index < -0.39 is 6.29 Å². The maximum absolute atomic E-state index is 12.2. The van der Waals surface area contributed by atoms with Crippen LogP contribution in [0, 0.1) is 6.92 Å². The first kappa shape index (κ1) is 17.0. The molecule has 0 saturated carbocycles. The third-order valence-corrected chi connectivity index (χ3v) is 3.71. The van der Waals surface area contributed by atoms with Gasteiger partial charge in [-0.25, -0.2) is 4.68 Å². The van der Waals surface area contributed by atoms with Crippen LogP contribution in [0.2, 0.25) is 0 Å². The Kier molecular flexibility index (Phi) is 4.99. The van der Waals surface area contributed by atoms with E-state index in [0.717, 1.165) is 5.69 Å². The summed E-state index contributed by atoms with van der Waals surface area (Å²) in [5.41, 5.74) is 0.730. The van der Waals surface area contributed by atoms with Crippen LogP contribution >= 0.6 is 0 Å². The van der Waals surface area contributed by atoms with E-state index in [4.69, 9.17) is 4.74 Å². The lowest BCUT2D eigenvalue weighted by atomic mass is 10.2. The fraction of sp³-hybridized carbons (Fsp3) is 0.353. The Bertz CT molecular complexity index is 759. The predicted molar refractivity (Wildman–Crippen MR) is 91.9 cm³/mol. The van der Waals surface area contributed by atoms with Crippen molar-refractivity contribution in [1.29, 1.82) is 0 Å². The number of hydrogen-bond donors (Lipinski definition) is 3. The summed E-state index contributed by atoms with van der Waals surface area (Å²) in [6.45, 7) is 3.63. The molecule has 3 N–H and O–H groups in total. The van der Waals surface area contributed by atoms with Crippen molar-refractivity contribution in [3.8, 4) is 5.75 Å². The van der Waals surface area contributed by atoms with Gasteiger partial charge in [0.1, 0.15) is 11.6 Å².